The van der Waals surface area contributed by atoms with Crippen LogP contribution in [0.5, 0.6) is 0 Å². The first-order chi connectivity index (χ1) is 9.72. The second-order valence-corrected chi connectivity index (χ2v) is 5.60. The molecule has 4 heteroatoms. The van der Waals surface area contributed by atoms with Crippen molar-refractivity contribution >= 4 is 5.65 Å². The number of fused-ring (bicyclic) bond motifs is 4. The van der Waals surface area contributed by atoms with Crippen LogP contribution in [0.15, 0.2) is 24.5 Å². The van der Waals surface area contributed by atoms with Gasteiger partial charge in [0.25, 0.3) is 0 Å². The van der Waals surface area contributed by atoms with Crippen LogP contribution in [0.25, 0.3) is 16.9 Å². The Bertz CT molecular complexity index is 817. The first-order valence-corrected chi connectivity index (χ1v) is 7.03. The van der Waals surface area contributed by atoms with Gasteiger partial charge >= 0.3 is 0 Å². The van der Waals surface area contributed by atoms with Crippen LogP contribution in [0.3, 0.4) is 0 Å². The normalized spacial score (nSPS) is 13.9. The van der Waals surface area contributed by atoms with E-state index in [9.17, 15) is 0 Å². The molecule has 4 nitrogen and oxygen atoms in total. The average molecular weight is 264 g/mol. The lowest BCUT2D eigenvalue weighted by Crippen LogP contribution is -2.00. The Morgan fingerprint density at radius 3 is 2.70 bits per heavy atom. The Kier molecular flexibility index (Phi) is 2.39. The molecular formula is C16H16N4. The topological polar surface area (TPSA) is 43.1 Å². The van der Waals surface area contributed by atoms with E-state index in [1.54, 1.807) is 10.8 Å². The van der Waals surface area contributed by atoms with Gasteiger partial charge in [-0.1, -0.05) is 6.07 Å². The third-order valence-corrected chi connectivity index (χ3v) is 4.24. The van der Waals surface area contributed by atoms with E-state index in [0.717, 1.165) is 30.6 Å². The number of nitrogens with zero attached hydrogens (tertiary/aromatic N) is 4. The molecule has 0 saturated heterocycles. The zero-order chi connectivity index (χ0) is 13.7. The van der Waals surface area contributed by atoms with E-state index in [1.165, 1.54) is 27.8 Å². The molecule has 3 aromatic rings. The van der Waals surface area contributed by atoms with Gasteiger partial charge in [0.2, 0.25) is 0 Å². The molecule has 2 aromatic heterocycles. The van der Waals surface area contributed by atoms with E-state index >= 15 is 0 Å². The summed E-state index contributed by atoms with van der Waals surface area (Å²) in [4.78, 5) is 0. The fraction of sp³-hybridized carbons (Fsp3) is 0.312. The number of hydrogen-bond acceptors (Lipinski definition) is 3. The molecule has 1 aromatic carbocycles. The molecule has 0 amide bonds. The molecule has 100 valence electrons. The standard InChI is InChI=1S/C16H16N4/c1-10-6-12-4-3-5-13-8-15-18-17-9-20(15)19-16(13)14(12)7-11(10)2/h6-9H,3-5H2,1-2H3. The zero-order valence-corrected chi connectivity index (χ0v) is 11.7. The van der Waals surface area contributed by atoms with Gasteiger partial charge < -0.3 is 0 Å². The third kappa shape index (κ3) is 1.64. The Morgan fingerprint density at radius 1 is 1.00 bits per heavy atom. The van der Waals surface area contributed by atoms with Crippen molar-refractivity contribution in [3.63, 3.8) is 0 Å². The van der Waals surface area contributed by atoms with Gasteiger partial charge in [-0.05, 0) is 67.5 Å². The van der Waals surface area contributed by atoms with Crippen LogP contribution in [-0.2, 0) is 12.8 Å². The first-order valence-electron chi connectivity index (χ1n) is 7.03. The molecule has 0 unspecified atom stereocenters. The van der Waals surface area contributed by atoms with Gasteiger partial charge in [0.1, 0.15) is 6.33 Å². The predicted octanol–water partition coefficient (Wildman–Crippen LogP) is 2.90. The van der Waals surface area contributed by atoms with Gasteiger partial charge in [0.15, 0.2) is 5.65 Å². The van der Waals surface area contributed by atoms with Gasteiger partial charge in [0.05, 0.1) is 5.69 Å². The summed E-state index contributed by atoms with van der Waals surface area (Å²) in [5, 5.41) is 12.8. The monoisotopic (exact) mass is 264 g/mol. The van der Waals surface area contributed by atoms with Crippen LogP contribution < -0.4 is 0 Å². The highest BCUT2D eigenvalue weighted by molar-refractivity contribution is 5.70. The zero-order valence-electron chi connectivity index (χ0n) is 11.7. The van der Waals surface area contributed by atoms with Gasteiger partial charge in [-0.15, -0.1) is 10.2 Å². The molecule has 4 rings (SSSR count). The molecule has 2 heterocycles. The minimum Gasteiger partial charge on any atom is -0.200 e. The number of aryl methyl sites for hydroxylation is 4. The van der Waals surface area contributed by atoms with Crippen molar-refractivity contribution in [2.75, 3.05) is 0 Å². The maximum atomic E-state index is 4.74. The summed E-state index contributed by atoms with van der Waals surface area (Å²) in [6.45, 7) is 4.34. The lowest BCUT2D eigenvalue weighted by atomic mass is 9.96. The second kappa shape index (κ2) is 4.13. The van der Waals surface area contributed by atoms with E-state index in [-0.39, 0.29) is 0 Å². The van der Waals surface area contributed by atoms with Crippen molar-refractivity contribution in [3.8, 4) is 11.3 Å². The van der Waals surface area contributed by atoms with Crippen LogP contribution in [0.1, 0.15) is 28.7 Å². The molecule has 0 fully saturated rings. The molecule has 0 spiro atoms. The fourth-order valence-electron chi connectivity index (χ4n) is 3.00. The molecular weight excluding hydrogens is 248 g/mol. The largest absolute Gasteiger partial charge is 0.200 e. The van der Waals surface area contributed by atoms with E-state index in [0.29, 0.717) is 0 Å². The molecule has 0 saturated carbocycles. The second-order valence-electron chi connectivity index (χ2n) is 5.60. The predicted molar refractivity (Wildman–Crippen MR) is 77.7 cm³/mol. The van der Waals surface area contributed by atoms with Crippen molar-refractivity contribution in [3.05, 3.63) is 46.8 Å². The van der Waals surface area contributed by atoms with Gasteiger partial charge in [0, 0.05) is 5.56 Å². The van der Waals surface area contributed by atoms with Gasteiger partial charge in [-0.2, -0.15) is 9.61 Å². The summed E-state index contributed by atoms with van der Waals surface area (Å²) in [6.07, 6.45) is 5.00. The Hall–Kier alpha value is -2.23. The van der Waals surface area contributed by atoms with E-state index < -0.39 is 0 Å². The Morgan fingerprint density at radius 2 is 1.80 bits per heavy atom. The van der Waals surface area contributed by atoms with Crippen LogP contribution in [-0.4, -0.2) is 19.8 Å². The maximum Gasteiger partial charge on any atom is 0.177 e. The van der Waals surface area contributed by atoms with Crippen molar-refractivity contribution < 1.29 is 0 Å². The first kappa shape index (κ1) is 11.6. The lowest BCUT2D eigenvalue weighted by Gasteiger charge is -2.11. The van der Waals surface area contributed by atoms with E-state index in [2.05, 4.69) is 42.2 Å². The number of rotatable bonds is 0. The van der Waals surface area contributed by atoms with E-state index in [1.807, 2.05) is 0 Å². The van der Waals surface area contributed by atoms with Crippen LogP contribution >= 0.6 is 0 Å². The highest BCUT2D eigenvalue weighted by atomic mass is 15.3. The molecule has 0 bridgehead atoms. The highest BCUT2D eigenvalue weighted by Crippen LogP contribution is 2.33. The summed E-state index contributed by atoms with van der Waals surface area (Å²) in [5.74, 6) is 0. The van der Waals surface area contributed by atoms with Crippen molar-refractivity contribution in [2.24, 2.45) is 0 Å². The summed E-state index contributed by atoms with van der Waals surface area (Å²) in [7, 11) is 0. The van der Waals surface area contributed by atoms with Gasteiger partial charge in [-0.25, -0.2) is 0 Å². The van der Waals surface area contributed by atoms with Crippen LogP contribution in [0.4, 0.5) is 0 Å². The molecule has 0 aliphatic heterocycles. The highest BCUT2D eigenvalue weighted by Gasteiger charge is 2.18. The summed E-state index contributed by atoms with van der Waals surface area (Å²) >= 11 is 0. The molecule has 0 atom stereocenters. The van der Waals surface area contributed by atoms with Crippen molar-refractivity contribution in [2.45, 2.75) is 33.1 Å². The van der Waals surface area contributed by atoms with E-state index in [4.69, 9.17) is 5.10 Å². The fourth-order valence-corrected chi connectivity index (χ4v) is 3.00. The molecule has 1 aliphatic rings. The Balaban J connectivity index is 2.05. The Labute approximate surface area is 117 Å². The third-order valence-electron chi connectivity index (χ3n) is 4.24. The SMILES string of the molecule is Cc1cc2c(cc1C)-c1nn3cnnc3cc1CCC2. The quantitative estimate of drug-likeness (QED) is 0.627. The molecule has 0 N–H and O–H groups in total. The molecule has 1 aliphatic carbocycles. The van der Waals surface area contributed by atoms with Crippen molar-refractivity contribution in [1.82, 2.24) is 19.8 Å². The molecule has 0 radical (unpaired) electrons. The van der Waals surface area contributed by atoms with Crippen LogP contribution in [0.2, 0.25) is 0 Å². The van der Waals surface area contributed by atoms with Crippen LogP contribution in [0, 0.1) is 13.8 Å². The minimum absolute atomic E-state index is 0.830. The summed E-state index contributed by atoms with van der Waals surface area (Å²) in [5.41, 5.74) is 8.57. The summed E-state index contributed by atoms with van der Waals surface area (Å²) < 4.78 is 1.77. The minimum atomic E-state index is 0.830. The average Bonchev–Trinajstić information content (AvgIpc) is 2.82. The summed E-state index contributed by atoms with van der Waals surface area (Å²) in [6, 6.07) is 6.72. The number of aromatic nitrogens is 4. The van der Waals surface area contributed by atoms with Crippen molar-refractivity contribution in [1.29, 1.82) is 0 Å². The molecule has 20 heavy (non-hydrogen) atoms. The number of hydrogen-bond donors (Lipinski definition) is 0. The van der Waals surface area contributed by atoms with Gasteiger partial charge in [-0.3, -0.25) is 0 Å². The lowest BCUT2D eigenvalue weighted by molar-refractivity contribution is 0.826. The maximum absolute atomic E-state index is 4.74. The number of benzene rings is 1. The smallest absolute Gasteiger partial charge is 0.177 e.